The van der Waals surface area contributed by atoms with Crippen molar-refractivity contribution in [1.29, 1.82) is 0 Å². The predicted molar refractivity (Wildman–Crippen MR) is 109 cm³/mol. The lowest BCUT2D eigenvalue weighted by Gasteiger charge is -2.26. The highest BCUT2D eigenvalue weighted by Crippen LogP contribution is 2.33. The molecule has 2 aromatic heterocycles. The van der Waals surface area contributed by atoms with Crippen molar-refractivity contribution in [2.75, 3.05) is 12.4 Å². The number of hydrogen-bond donors (Lipinski definition) is 2. The molecule has 1 fully saturated rings. The maximum Gasteiger partial charge on any atom is 0.274 e. The van der Waals surface area contributed by atoms with Gasteiger partial charge in [-0.3, -0.25) is 9.48 Å². The third-order valence-corrected chi connectivity index (χ3v) is 5.33. The first-order chi connectivity index (χ1) is 13.5. The molecule has 0 aliphatic heterocycles. The summed E-state index contributed by atoms with van der Waals surface area (Å²) in [6, 6.07) is 9.80. The highest BCUT2D eigenvalue weighted by Gasteiger charge is 2.21. The molecule has 1 aliphatic carbocycles. The number of amides is 1. The predicted octanol–water partition coefficient (Wildman–Crippen LogP) is 3.44. The van der Waals surface area contributed by atoms with Gasteiger partial charge in [0.2, 0.25) is 0 Å². The average molecular weight is 379 g/mol. The molecular formula is C21H25N5O2. The molecule has 2 heterocycles. The number of nitrogens with two attached hydrogens (primary N) is 1. The Morgan fingerprint density at radius 1 is 1.25 bits per heavy atom. The smallest absolute Gasteiger partial charge is 0.274 e. The van der Waals surface area contributed by atoms with E-state index in [9.17, 15) is 4.79 Å². The zero-order valence-corrected chi connectivity index (χ0v) is 16.2. The molecular weight excluding hydrogens is 354 g/mol. The minimum absolute atomic E-state index is 0.269. The van der Waals surface area contributed by atoms with Crippen LogP contribution in [0.15, 0.2) is 36.5 Å². The van der Waals surface area contributed by atoms with Crippen LogP contribution in [0.4, 0.5) is 5.69 Å². The number of carbonyl (C=O) groups is 1. The van der Waals surface area contributed by atoms with Crippen LogP contribution < -0.4 is 15.8 Å². The van der Waals surface area contributed by atoms with Crippen molar-refractivity contribution in [3.05, 3.63) is 47.9 Å². The van der Waals surface area contributed by atoms with E-state index in [4.69, 9.17) is 15.6 Å². The van der Waals surface area contributed by atoms with Crippen LogP contribution in [0.5, 0.6) is 5.75 Å². The Hall–Kier alpha value is -2.93. The quantitative estimate of drug-likeness (QED) is 0.724. The van der Waals surface area contributed by atoms with E-state index in [0.717, 1.165) is 42.3 Å². The minimum atomic E-state index is -0.269. The zero-order chi connectivity index (χ0) is 19.7. The molecule has 1 aliphatic rings. The largest absolute Gasteiger partial charge is 0.494 e. The maximum atomic E-state index is 12.6. The van der Waals surface area contributed by atoms with E-state index in [1.807, 2.05) is 42.1 Å². The standard InChI is InChI=1S/C21H25N5O2/c1-13-4-3-5-17(23-13)21(27)24-19-10-14-12-26(16-8-6-15(22)7-9-16)25-18(14)11-20(19)28-2/h3-5,10-12,15-16H,6-9,22H2,1-2H3,(H,24,27)/t15-,16-. The first-order valence-electron chi connectivity index (χ1n) is 9.61. The molecule has 146 valence electrons. The summed E-state index contributed by atoms with van der Waals surface area (Å²) >= 11 is 0. The van der Waals surface area contributed by atoms with Gasteiger partial charge in [0.05, 0.1) is 24.4 Å². The maximum absolute atomic E-state index is 12.6. The molecule has 0 unspecified atom stereocenters. The van der Waals surface area contributed by atoms with Crippen molar-refractivity contribution >= 4 is 22.5 Å². The fraction of sp³-hybridized carbons (Fsp3) is 0.381. The van der Waals surface area contributed by atoms with Crippen molar-refractivity contribution in [2.45, 2.75) is 44.7 Å². The van der Waals surface area contributed by atoms with Gasteiger partial charge in [-0.1, -0.05) is 6.07 Å². The Morgan fingerprint density at radius 2 is 2.04 bits per heavy atom. The lowest BCUT2D eigenvalue weighted by atomic mass is 9.92. The van der Waals surface area contributed by atoms with Crippen molar-refractivity contribution in [1.82, 2.24) is 14.8 Å². The summed E-state index contributed by atoms with van der Waals surface area (Å²) in [5.74, 6) is 0.305. The number of methoxy groups -OCH3 is 1. The van der Waals surface area contributed by atoms with Gasteiger partial charge < -0.3 is 15.8 Å². The number of nitrogens with one attached hydrogen (secondary N) is 1. The van der Waals surface area contributed by atoms with Gasteiger partial charge in [-0.05, 0) is 50.8 Å². The molecule has 0 bridgehead atoms. The molecule has 0 radical (unpaired) electrons. The van der Waals surface area contributed by atoms with Crippen LogP contribution in [0.2, 0.25) is 0 Å². The number of anilines is 1. The summed E-state index contributed by atoms with van der Waals surface area (Å²) in [6.07, 6.45) is 6.16. The van der Waals surface area contributed by atoms with Crippen LogP contribution in [0.3, 0.4) is 0 Å². The molecule has 1 saturated carbocycles. The van der Waals surface area contributed by atoms with E-state index in [-0.39, 0.29) is 5.91 Å². The number of rotatable bonds is 4. The van der Waals surface area contributed by atoms with E-state index in [0.29, 0.717) is 29.2 Å². The molecule has 1 amide bonds. The highest BCUT2D eigenvalue weighted by molar-refractivity contribution is 6.05. The van der Waals surface area contributed by atoms with Gasteiger partial charge in [0.1, 0.15) is 11.4 Å². The lowest BCUT2D eigenvalue weighted by Crippen LogP contribution is -2.27. The minimum Gasteiger partial charge on any atom is -0.494 e. The van der Waals surface area contributed by atoms with Crippen molar-refractivity contribution in [3.8, 4) is 5.75 Å². The molecule has 28 heavy (non-hydrogen) atoms. The summed E-state index contributed by atoms with van der Waals surface area (Å²) in [5.41, 5.74) is 8.64. The van der Waals surface area contributed by atoms with E-state index in [1.165, 1.54) is 0 Å². The molecule has 7 heteroatoms. The van der Waals surface area contributed by atoms with Gasteiger partial charge in [-0.15, -0.1) is 0 Å². The number of pyridine rings is 1. The molecule has 0 saturated heterocycles. The number of aryl methyl sites for hydroxylation is 1. The van der Waals surface area contributed by atoms with Gasteiger partial charge in [0, 0.05) is 29.4 Å². The zero-order valence-electron chi connectivity index (χ0n) is 16.2. The summed E-state index contributed by atoms with van der Waals surface area (Å²) in [5, 5.41) is 8.60. The second-order valence-corrected chi connectivity index (χ2v) is 7.41. The fourth-order valence-electron chi connectivity index (χ4n) is 3.75. The Balaban J connectivity index is 1.62. The van der Waals surface area contributed by atoms with Crippen LogP contribution in [-0.4, -0.2) is 33.8 Å². The number of fused-ring (bicyclic) bond motifs is 1. The summed E-state index contributed by atoms with van der Waals surface area (Å²) in [6.45, 7) is 1.86. The molecule has 1 aromatic carbocycles. The third kappa shape index (κ3) is 3.71. The van der Waals surface area contributed by atoms with E-state index in [2.05, 4.69) is 10.3 Å². The number of aromatic nitrogens is 3. The Labute approximate surface area is 163 Å². The monoisotopic (exact) mass is 379 g/mol. The van der Waals surface area contributed by atoms with Crippen molar-refractivity contribution < 1.29 is 9.53 Å². The molecule has 7 nitrogen and oxygen atoms in total. The summed E-state index contributed by atoms with van der Waals surface area (Å²) in [7, 11) is 1.58. The van der Waals surface area contributed by atoms with E-state index < -0.39 is 0 Å². The third-order valence-electron chi connectivity index (χ3n) is 5.33. The Bertz CT molecular complexity index is 1010. The van der Waals surface area contributed by atoms with Crippen LogP contribution in [0, 0.1) is 6.92 Å². The topological polar surface area (TPSA) is 95.1 Å². The van der Waals surface area contributed by atoms with E-state index in [1.54, 1.807) is 13.2 Å². The first kappa shape index (κ1) is 18.4. The summed E-state index contributed by atoms with van der Waals surface area (Å²) < 4.78 is 7.51. The molecule has 0 atom stereocenters. The molecule has 3 N–H and O–H groups in total. The molecule has 0 spiro atoms. The average Bonchev–Trinajstić information content (AvgIpc) is 3.10. The molecule has 3 aromatic rings. The number of nitrogens with zero attached hydrogens (tertiary/aromatic N) is 3. The fourth-order valence-corrected chi connectivity index (χ4v) is 3.75. The Morgan fingerprint density at radius 3 is 2.75 bits per heavy atom. The highest BCUT2D eigenvalue weighted by atomic mass is 16.5. The SMILES string of the molecule is COc1cc2nn([C@H]3CC[C@H](N)CC3)cc2cc1NC(=O)c1cccc(C)n1. The van der Waals surface area contributed by atoms with Crippen LogP contribution in [0.25, 0.3) is 10.9 Å². The first-order valence-corrected chi connectivity index (χ1v) is 9.61. The second kappa shape index (κ2) is 7.59. The van der Waals surface area contributed by atoms with Crippen LogP contribution >= 0.6 is 0 Å². The number of ether oxygens (including phenoxy) is 1. The van der Waals surface area contributed by atoms with Gasteiger partial charge >= 0.3 is 0 Å². The Kier molecular flexibility index (Phi) is 5.00. The van der Waals surface area contributed by atoms with E-state index >= 15 is 0 Å². The van der Waals surface area contributed by atoms with Crippen molar-refractivity contribution in [3.63, 3.8) is 0 Å². The normalized spacial score (nSPS) is 19.5. The molecule has 4 rings (SSSR count). The van der Waals surface area contributed by atoms with Crippen LogP contribution in [0.1, 0.15) is 47.9 Å². The van der Waals surface area contributed by atoms with Gasteiger partial charge in [0.15, 0.2) is 0 Å². The number of hydrogen-bond acceptors (Lipinski definition) is 5. The van der Waals surface area contributed by atoms with Crippen LogP contribution in [-0.2, 0) is 0 Å². The van der Waals surface area contributed by atoms with Gasteiger partial charge in [0.25, 0.3) is 5.91 Å². The van der Waals surface area contributed by atoms with Gasteiger partial charge in [-0.25, -0.2) is 4.98 Å². The summed E-state index contributed by atoms with van der Waals surface area (Å²) in [4.78, 5) is 16.9. The number of carbonyl (C=O) groups excluding carboxylic acids is 1. The second-order valence-electron chi connectivity index (χ2n) is 7.41. The van der Waals surface area contributed by atoms with Gasteiger partial charge in [-0.2, -0.15) is 5.10 Å². The lowest BCUT2D eigenvalue weighted by molar-refractivity contribution is 0.102. The van der Waals surface area contributed by atoms with Crippen molar-refractivity contribution in [2.24, 2.45) is 5.73 Å². The number of benzene rings is 1.